The Morgan fingerprint density at radius 1 is 1.32 bits per heavy atom. The first kappa shape index (κ1) is 11.4. The maximum Gasteiger partial charge on any atom is 0.201 e. The number of para-hydroxylation sites is 1. The predicted molar refractivity (Wildman–Crippen MR) is 75.7 cm³/mol. The van der Waals surface area contributed by atoms with Crippen LogP contribution in [-0.4, -0.2) is 35.5 Å². The fourth-order valence-electron chi connectivity index (χ4n) is 3.01. The van der Waals surface area contributed by atoms with Gasteiger partial charge in [-0.15, -0.1) is 0 Å². The van der Waals surface area contributed by atoms with Gasteiger partial charge in [-0.05, 0) is 24.4 Å². The molecule has 0 aliphatic carbocycles. The first-order valence-electron chi connectivity index (χ1n) is 6.03. The van der Waals surface area contributed by atoms with Crippen LogP contribution in [0.3, 0.4) is 0 Å². The number of fused-ring (bicyclic) bond motifs is 5. The summed E-state index contributed by atoms with van der Waals surface area (Å²) in [5.74, 6) is 1.22. The molecule has 1 N–H and O–H groups in total. The van der Waals surface area contributed by atoms with Crippen LogP contribution in [0.15, 0.2) is 24.3 Å². The van der Waals surface area contributed by atoms with Gasteiger partial charge in [0, 0.05) is 5.39 Å². The van der Waals surface area contributed by atoms with Gasteiger partial charge >= 0.3 is 0 Å². The Bertz CT molecular complexity index is 857. The van der Waals surface area contributed by atoms with E-state index in [1.54, 1.807) is 0 Å². The van der Waals surface area contributed by atoms with E-state index in [2.05, 4.69) is 10.3 Å². The molecule has 1 aromatic carbocycles. The highest BCUT2D eigenvalue weighted by Gasteiger charge is 2.44. The minimum absolute atomic E-state index is 0.0840. The van der Waals surface area contributed by atoms with Gasteiger partial charge in [-0.2, -0.15) is 0 Å². The molecule has 7 heteroatoms. The summed E-state index contributed by atoms with van der Waals surface area (Å²) in [4.78, 5) is 4.40. The largest absolute Gasteiger partial charge is 0.365 e. The van der Waals surface area contributed by atoms with Crippen molar-refractivity contribution >= 4 is 38.8 Å². The van der Waals surface area contributed by atoms with Crippen molar-refractivity contribution in [1.82, 2.24) is 9.55 Å². The first-order valence-corrected chi connectivity index (χ1v) is 8.26. The highest BCUT2D eigenvalue weighted by atomic mass is 32.2. The molecular formula is C12H11N3O2S2. The van der Waals surface area contributed by atoms with Gasteiger partial charge in [0.15, 0.2) is 9.84 Å². The van der Waals surface area contributed by atoms with Crippen molar-refractivity contribution in [1.29, 1.82) is 0 Å². The number of hydrogen-bond donors (Lipinski definition) is 1. The SMILES string of the molecule is O=S1(=O)C[C@@H]2Nc3c4ccccc4nc(=S)n3[C@@H]2C1. The summed E-state index contributed by atoms with van der Waals surface area (Å²) in [7, 11) is -2.98. The molecule has 0 amide bonds. The molecule has 0 radical (unpaired) electrons. The van der Waals surface area contributed by atoms with E-state index in [1.807, 2.05) is 28.8 Å². The van der Waals surface area contributed by atoms with E-state index in [0.29, 0.717) is 4.77 Å². The molecule has 0 bridgehead atoms. The number of nitrogens with zero attached hydrogens (tertiary/aromatic N) is 2. The van der Waals surface area contributed by atoms with Crippen molar-refractivity contribution in [2.75, 3.05) is 16.8 Å². The summed E-state index contributed by atoms with van der Waals surface area (Å²) >= 11 is 5.32. The normalized spacial score (nSPS) is 26.9. The van der Waals surface area contributed by atoms with E-state index in [9.17, 15) is 8.42 Å². The third-order valence-corrected chi connectivity index (χ3v) is 5.80. The fourth-order valence-corrected chi connectivity index (χ4v) is 5.22. The molecule has 0 spiro atoms. The van der Waals surface area contributed by atoms with Gasteiger partial charge in [0.2, 0.25) is 4.77 Å². The second kappa shape index (κ2) is 3.55. The van der Waals surface area contributed by atoms with Crippen LogP contribution >= 0.6 is 12.2 Å². The van der Waals surface area contributed by atoms with E-state index in [0.717, 1.165) is 16.7 Å². The molecule has 2 aromatic rings. The van der Waals surface area contributed by atoms with E-state index < -0.39 is 9.84 Å². The lowest BCUT2D eigenvalue weighted by Crippen LogP contribution is -2.20. The number of aromatic nitrogens is 2. The Hall–Kier alpha value is -1.47. The van der Waals surface area contributed by atoms with Crippen molar-refractivity contribution in [2.24, 2.45) is 0 Å². The van der Waals surface area contributed by atoms with E-state index in [4.69, 9.17) is 12.2 Å². The second-order valence-corrected chi connectivity index (χ2v) is 7.54. The highest BCUT2D eigenvalue weighted by Crippen LogP contribution is 2.38. The summed E-state index contributed by atoms with van der Waals surface area (Å²) in [5.41, 5.74) is 0.842. The summed E-state index contributed by atoms with van der Waals surface area (Å²) in [6.45, 7) is 0. The minimum atomic E-state index is -2.98. The van der Waals surface area contributed by atoms with Crippen LogP contribution in [0.5, 0.6) is 0 Å². The summed E-state index contributed by atoms with van der Waals surface area (Å²) in [6, 6.07) is 7.55. The van der Waals surface area contributed by atoms with Crippen molar-refractivity contribution in [3.05, 3.63) is 29.0 Å². The van der Waals surface area contributed by atoms with Crippen LogP contribution in [0.25, 0.3) is 10.9 Å². The van der Waals surface area contributed by atoms with Crippen LogP contribution in [0.4, 0.5) is 5.82 Å². The molecule has 2 atom stereocenters. The third-order valence-electron chi connectivity index (χ3n) is 3.80. The Morgan fingerprint density at radius 3 is 2.95 bits per heavy atom. The summed E-state index contributed by atoms with van der Waals surface area (Å²) in [6.07, 6.45) is 0. The van der Waals surface area contributed by atoms with E-state index in [1.165, 1.54) is 0 Å². The minimum Gasteiger partial charge on any atom is -0.365 e. The zero-order valence-corrected chi connectivity index (χ0v) is 11.5. The van der Waals surface area contributed by atoms with Gasteiger partial charge in [0.25, 0.3) is 0 Å². The average molecular weight is 293 g/mol. The Kier molecular flexibility index (Phi) is 2.12. The van der Waals surface area contributed by atoms with Gasteiger partial charge in [-0.1, -0.05) is 12.1 Å². The van der Waals surface area contributed by atoms with Crippen molar-refractivity contribution in [3.8, 4) is 0 Å². The van der Waals surface area contributed by atoms with Crippen LogP contribution in [0.2, 0.25) is 0 Å². The van der Waals surface area contributed by atoms with Crippen LogP contribution in [0, 0.1) is 4.77 Å². The molecule has 0 saturated carbocycles. The Labute approximate surface area is 115 Å². The van der Waals surface area contributed by atoms with Gasteiger partial charge in [0.05, 0.1) is 29.1 Å². The van der Waals surface area contributed by atoms with E-state index >= 15 is 0 Å². The highest BCUT2D eigenvalue weighted by molar-refractivity contribution is 7.91. The molecule has 5 nitrogen and oxygen atoms in total. The number of anilines is 1. The lowest BCUT2D eigenvalue weighted by atomic mass is 10.2. The molecule has 1 saturated heterocycles. The topological polar surface area (TPSA) is 64.0 Å². The molecule has 0 unspecified atom stereocenters. The van der Waals surface area contributed by atoms with Crippen molar-refractivity contribution in [3.63, 3.8) is 0 Å². The number of rotatable bonds is 0. The maximum atomic E-state index is 11.7. The molecule has 1 aromatic heterocycles. The molecule has 3 heterocycles. The molecular weight excluding hydrogens is 282 g/mol. The second-order valence-electron chi connectivity index (χ2n) is 5.03. The van der Waals surface area contributed by atoms with Gasteiger partial charge in [-0.25, -0.2) is 13.4 Å². The first-order chi connectivity index (χ1) is 9.05. The van der Waals surface area contributed by atoms with Crippen LogP contribution in [-0.2, 0) is 9.84 Å². The van der Waals surface area contributed by atoms with Gasteiger partial charge in [0.1, 0.15) is 5.82 Å². The summed E-state index contributed by atoms with van der Waals surface area (Å²) in [5, 5.41) is 4.30. The Balaban J connectivity index is 2.02. The number of benzene rings is 1. The van der Waals surface area contributed by atoms with Crippen LogP contribution < -0.4 is 5.32 Å². The molecule has 1 fully saturated rings. The standard InChI is InChI=1S/C12H11N3O2S2/c16-19(17)5-9-10(6-19)15-11(13-9)7-3-1-2-4-8(7)14-12(15)18/h1-4,9-10,13H,5-6H2/t9-,10+/m0/s1. The Morgan fingerprint density at radius 2 is 2.11 bits per heavy atom. The lowest BCUT2D eigenvalue weighted by Gasteiger charge is -2.11. The molecule has 19 heavy (non-hydrogen) atoms. The molecule has 2 aliphatic heterocycles. The van der Waals surface area contributed by atoms with Gasteiger partial charge < -0.3 is 5.32 Å². The maximum absolute atomic E-state index is 11.7. The quantitative estimate of drug-likeness (QED) is 0.746. The number of hydrogen-bond acceptors (Lipinski definition) is 5. The number of nitrogens with one attached hydrogen (secondary N) is 1. The average Bonchev–Trinajstić information content (AvgIpc) is 2.81. The monoisotopic (exact) mass is 293 g/mol. The van der Waals surface area contributed by atoms with E-state index in [-0.39, 0.29) is 23.6 Å². The van der Waals surface area contributed by atoms with Crippen molar-refractivity contribution in [2.45, 2.75) is 12.1 Å². The molecule has 2 aliphatic rings. The van der Waals surface area contributed by atoms with Crippen molar-refractivity contribution < 1.29 is 8.42 Å². The lowest BCUT2D eigenvalue weighted by molar-refractivity contribution is 0.559. The molecule has 98 valence electrons. The number of sulfone groups is 1. The predicted octanol–water partition coefficient (Wildman–Crippen LogP) is 1.53. The zero-order chi connectivity index (χ0) is 13.2. The molecule has 4 rings (SSSR count). The fraction of sp³-hybridized carbons (Fsp3) is 0.333. The smallest absolute Gasteiger partial charge is 0.201 e. The zero-order valence-electron chi connectivity index (χ0n) is 9.91. The van der Waals surface area contributed by atoms with Crippen LogP contribution in [0.1, 0.15) is 6.04 Å². The van der Waals surface area contributed by atoms with Gasteiger partial charge in [-0.3, -0.25) is 4.57 Å². The summed E-state index contributed by atoms with van der Waals surface area (Å²) < 4.78 is 25.8. The third kappa shape index (κ3) is 1.54.